The highest BCUT2D eigenvalue weighted by Gasteiger charge is 2.16. The molecule has 2 heterocycles. The van der Waals surface area contributed by atoms with Gasteiger partial charge in [-0.3, -0.25) is 4.68 Å². The normalized spacial score (nSPS) is 10.2. The number of rotatable bonds is 3. The van der Waals surface area contributed by atoms with Crippen LogP contribution in [0.1, 0.15) is 10.5 Å². The zero-order valence-electron chi connectivity index (χ0n) is 9.72. The molecule has 7 nitrogen and oxygen atoms in total. The lowest BCUT2D eigenvalue weighted by Crippen LogP contribution is -2.10. The van der Waals surface area contributed by atoms with Crippen LogP contribution in [0.15, 0.2) is 18.3 Å². The van der Waals surface area contributed by atoms with Crippen LogP contribution in [0.3, 0.4) is 0 Å². The first kappa shape index (κ1) is 12.3. The maximum atomic E-state index is 11.5. The Balaban J connectivity index is 2.36. The third kappa shape index (κ3) is 2.57. The van der Waals surface area contributed by atoms with E-state index in [1.807, 2.05) is 0 Å². The molecule has 2 rings (SSSR count). The summed E-state index contributed by atoms with van der Waals surface area (Å²) in [5.74, 6) is -0.0377. The molecule has 18 heavy (non-hydrogen) atoms. The highest BCUT2D eigenvalue weighted by Crippen LogP contribution is 2.20. The Kier molecular flexibility index (Phi) is 3.42. The van der Waals surface area contributed by atoms with Gasteiger partial charge in [-0.15, -0.1) is 10.2 Å². The van der Waals surface area contributed by atoms with Gasteiger partial charge < -0.3 is 10.1 Å². The lowest BCUT2D eigenvalue weighted by molar-refractivity contribution is 0.0594. The number of nitrogens with zero attached hydrogens (tertiary/aromatic N) is 4. The van der Waals surface area contributed by atoms with E-state index in [4.69, 9.17) is 11.6 Å². The molecular weight excluding hydrogens is 258 g/mol. The summed E-state index contributed by atoms with van der Waals surface area (Å²) in [6.07, 6.45) is 1.76. The minimum atomic E-state index is -0.599. The van der Waals surface area contributed by atoms with Gasteiger partial charge in [0.2, 0.25) is 0 Å². The number of hydrogen-bond acceptors (Lipinski definition) is 6. The Morgan fingerprint density at radius 2 is 2.28 bits per heavy atom. The van der Waals surface area contributed by atoms with Gasteiger partial charge in [0.15, 0.2) is 16.7 Å². The number of carbonyl (C=O) groups is 1. The molecule has 94 valence electrons. The Labute approximate surface area is 108 Å². The summed E-state index contributed by atoms with van der Waals surface area (Å²) < 4.78 is 6.23. The molecule has 0 aliphatic carbocycles. The topological polar surface area (TPSA) is 81.9 Å². The summed E-state index contributed by atoms with van der Waals surface area (Å²) in [6, 6.07) is 3.23. The predicted molar refractivity (Wildman–Crippen MR) is 64.9 cm³/mol. The minimum absolute atomic E-state index is 0.0487. The van der Waals surface area contributed by atoms with Crippen molar-refractivity contribution >= 4 is 29.1 Å². The number of methoxy groups -OCH3 is 1. The van der Waals surface area contributed by atoms with Crippen molar-refractivity contribution in [2.24, 2.45) is 7.05 Å². The molecule has 0 aliphatic rings. The number of aryl methyl sites for hydroxylation is 1. The number of halogens is 1. The summed E-state index contributed by atoms with van der Waals surface area (Å²) in [5.41, 5.74) is 0.438. The van der Waals surface area contributed by atoms with E-state index in [9.17, 15) is 4.79 Å². The zero-order chi connectivity index (χ0) is 13.1. The first-order valence-corrected chi connectivity index (χ1v) is 5.36. The lowest BCUT2D eigenvalue weighted by Gasteiger charge is -2.07. The van der Waals surface area contributed by atoms with E-state index < -0.39 is 5.97 Å². The minimum Gasteiger partial charge on any atom is -0.464 e. The van der Waals surface area contributed by atoms with E-state index in [0.717, 1.165) is 0 Å². The van der Waals surface area contributed by atoms with Gasteiger partial charge in [-0.1, -0.05) is 11.6 Å². The molecule has 0 radical (unpaired) electrons. The van der Waals surface area contributed by atoms with Gasteiger partial charge in [0.05, 0.1) is 12.8 Å². The molecule has 8 heteroatoms. The van der Waals surface area contributed by atoms with Crippen LogP contribution in [-0.2, 0) is 11.8 Å². The van der Waals surface area contributed by atoms with E-state index in [2.05, 4.69) is 25.3 Å². The Hall–Kier alpha value is -2.15. The average Bonchev–Trinajstić information content (AvgIpc) is 2.74. The fraction of sp³-hybridized carbons (Fsp3) is 0.200. The van der Waals surface area contributed by atoms with Crippen LogP contribution in [0.5, 0.6) is 0 Å². The van der Waals surface area contributed by atoms with Gasteiger partial charge >= 0.3 is 5.97 Å². The van der Waals surface area contributed by atoms with E-state index >= 15 is 0 Å². The largest absolute Gasteiger partial charge is 0.464 e. The molecule has 0 bridgehead atoms. The molecule has 0 fully saturated rings. The number of ether oxygens (including phenoxy) is 1. The van der Waals surface area contributed by atoms with Crippen LogP contribution in [0, 0.1) is 0 Å². The fourth-order valence-electron chi connectivity index (χ4n) is 1.33. The van der Waals surface area contributed by atoms with Crippen LogP contribution in [0.2, 0.25) is 5.15 Å². The number of anilines is 2. The summed E-state index contributed by atoms with van der Waals surface area (Å²) in [6.45, 7) is 0. The van der Waals surface area contributed by atoms with Gasteiger partial charge in [-0.25, -0.2) is 4.79 Å². The van der Waals surface area contributed by atoms with Crippen molar-refractivity contribution in [2.45, 2.75) is 0 Å². The van der Waals surface area contributed by atoms with Crippen molar-refractivity contribution in [3.05, 3.63) is 29.2 Å². The third-order valence-corrected chi connectivity index (χ3v) is 2.30. The first-order valence-electron chi connectivity index (χ1n) is 4.98. The monoisotopic (exact) mass is 267 g/mol. The van der Waals surface area contributed by atoms with Crippen LogP contribution >= 0.6 is 11.6 Å². The molecule has 0 unspecified atom stereocenters. The predicted octanol–water partition coefficient (Wildman–Crippen LogP) is 1.39. The second kappa shape index (κ2) is 5.01. The van der Waals surface area contributed by atoms with E-state index in [1.165, 1.54) is 13.2 Å². The quantitative estimate of drug-likeness (QED) is 0.847. The maximum absolute atomic E-state index is 11.5. The lowest BCUT2D eigenvalue weighted by atomic mass is 10.3. The van der Waals surface area contributed by atoms with Gasteiger partial charge in [-0.2, -0.15) is 5.10 Å². The molecule has 0 aromatic carbocycles. The van der Waals surface area contributed by atoms with Crippen molar-refractivity contribution < 1.29 is 9.53 Å². The Bertz CT molecular complexity index is 583. The van der Waals surface area contributed by atoms with E-state index in [-0.39, 0.29) is 10.8 Å². The van der Waals surface area contributed by atoms with Gasteiger partial charge in [0, 0.05) is 25.4 Å². The molecule has 1 N–H and O–H groups in total. The Morgan fingerprint density at radius 1 is 1.50 bits per heavy atom. The molecule has 2 aromatic rings. The smallest absolute Gasteiger partial charge is 0.360 e. The summed E-state index contributed by atoms with van der Waals surface area (Å²) in [5, 5.41) is 14.5. The van der Waals surface area contributed by atoms with Crippen LogP contribution in [0.4, 0.5) is 11.5 Å². The SMILES string of the molecule is COC(=O)c1nnc(Cl)cc1Nc1ccn(C)n1. The van der Waals surface area contributed by atoms with Crippen LogP contribution < -0.4 is 5.32 Å². The highest BCUT2D eigenvalue weighted by molar-refractivity contribution is 6.29. The van der Waals surface area contributed by atoms with Crippen molar-refractivity contribution in [1.29, 1.82) is 0 Å². The molecule has 2 aromatic heterocycles. The standard InChI is InChI=1S/C10H10ClN5O2/c1-16-4-3-8(15-16)12-6-5-7(11)13-14-9(6)10(17)18-2/h3-5H,1-2H3,(H,12,13,15). The molecule has 0 saturated carbocycles. The van der Waals surface area contributed by atoms with Gasteiger partial charge in [0.1, 0.15) is 0 Å². The highest BCUT2D eigenvalue weighted by atomic mass is 35.5. The van der Waals surface area contributed by atoms with Crippen LogP contribution in [-0.4, -0.2) is 33.1 Å². The number of esters is 1. The number of nitrogens with one attached hydrogen (secondary N) is 1. The van der Waals surface area contributed by atoms with Crippen LogP contribution in [0.25, 0.3) is 0 Å². The molecule has 0 aliphatic heterocycles. The molecular formula is C10H10ClN5O2. The van der Waals surface area contributed by atoms with Gasteiger partial charge in [-0.05, 0) is 0 Å². The number of hydrogen-bond donors (Lipinski definition) is 1. The number of carbonyl (C=O) groups excluding carboxylic acids is 1. The van der Waals surface area contributed by atoms with Crippen molar-refractivity contribution in [3.8, 4) is 0 Å². The van der Waals surface area contributed by atoms with E-state index in [1.54, 1.807) is 24.0 Å². The second-order valence-electron chi connectivity index (χ2n) is 3.42. The molecule has 0 spiro atoms. The van der Waals surface area contributed by atoms with Crippen molar-refractivity contribution in [2.75, 3.05) is 12.4 Å². The summed E-state index contributed by atoms with van der Waals surface area (Å²) >= 11 is 5.74. The third-order valence-electron chi connectivity index (χ3n) is 2.12. The second-order valence-corrected chi connectivity index (χ2v) is 3.81. The Morgan fingerprint density at radius 3 is 2.89 bits per heavy atom. The summed E-state index contributed by atoms with van der Waals surface area (Å²) in [4.78, 5) is 11.5. The number of aromatic nitrogens is 4. The average molecular weight is 268 g/mol. The van der Waals surface area contributed by atoms with Crippen molar-refractivity contribution in [1.82, 2.24) is 20.0 Å². The van der Waals surface area contributed by atoms with Gasteiger partial charge in [0.25, 0.3) is 0 Å². The van der Waals surface area contributed by atoms with E-state index in [0.29, 0.717) is 11.5 Å². The summed E-state index contributed by atoms with van der Waals surface area (Å²) in [7, 11) is 3.05. The molecule has 0 atom stereocenters. The zero-order valence-corrected chi connectivity index (χ0v) is 10.5. The maximum Gasteiger partial charge on any atom is 0.360 e. The fourth-order valence-corrected chi connectivity index (χ4v) is 1.48. The molecule has 0 amide bonds. The van der Waals surface area contributed by atoms with Crippen molar-refractivity contribution in [3.63, 3.8) is 0 Å². The first-order chi connectivity index (χ1) is 8.60. The molecule has 0 saturated heterocycles.